The minimum absolute atomic E-state index is 0.566. The molecule has 0 saturated carbocycles. The number of H-pyrrole nitrogens is 1. The predicted molar refractivity (Wildman–Crippen MR) is 95.6 cm³/mol. The maximum Gasteiger partial charge on any atom is 0.227 e. The second kappa shape index (κ2) is 6.04. The summed E-state index contributed by atoms with van der Waals surface area (Å²) >= 11 is 0. The molecule has 0 aliphatic rings. The Kier molecular flexibility index (Phi) is 3.59. The van der Waals surface area contributed by atoms with Gasteiger partial charge in [0, 0.05) is 34.5 Å². The van der Waals surface area contributed by atoms with Crippen LogP contribution in [0.3, 0.4) is 0 Å². The first-order chi connectivity index (χ1) is 11.8. The van der Waals surface area contributed by atoms with E-state index >= 15 is 0 Å². The van der Waals surface area contributed by atoms with Crippen molar-refractivity contribution in [1.82, 2.24) is 15.0 Å². The third-order valence-corrected chi connectivity index (χ3v) is 3.85. The summed E-state index contributed by atoms with van der Waals surface area (Å²) in [5.74, 6) is 1.39. The van der Waals surface area contributed by atoms with Gasteiger partial charge in [-0.15, -0.1) is 0 Å². The molecule has 0 radical (unpaired) electrons. The number of ether oxygens (including phenoxy) is 1. The number of rotatable bonds is 4. The molecule has 4 rings (SSSR count). The molecule has 118 valence electrons. The topological polar surface area (TPSA) is 62.8 Å². The number of hydrogen-bond donors (Lipinski definition) is 2. The van der Waals surface area contributed by atoms with Gasteiger partial charge >= 0.3 is 0 Å². The lowest BCUT2D eigenvalue weighted by Crippen LogP contribution is -1.97. The maximum atomic E-state index is 5.33. The summed E-state index contributed by atoms with van der Waals surface area (Å²) < 4.78 is 5.33. The van der Waals surface area contributed by atoms with Crippen LogP contribution in [0.2, 0.25) is 0 Å². The number of nitrogens with one attached hydrogen (secondary N) is 2. The number of para-hydroxylation sites is 1. The molecule has 0 unspecified atom stereocenters. The van der Waals surface area contributed by atoms with E-state index < -0.39 is 0 Å². The lowest BCUT2D eigenvalue weighted by molar-refractivity contribution is 0.415. The summed E-state index contributed by atoms with van der Waals surface area (Å²) in [6.45, 7) is 0. The maximum absolute atomic E-state index is 5.33. The molecule has 0 atom stereocenters. The smallest absolute Gasteiger partial charge is 0.227 e. The molecule has 0 spiro atoms. The zero-order valence-electron chi connectivity index (χ0n) is 13.2. The van der Waals surface area contributed by atoms with Gasteiger partial charge in [-0.1, -0.05) is 18.2 Å². The number of aromatic amines is 1. The Balaban J connectivity index is 1.73. The van der Waals surface area contributed by atoms with Gasteiger partial charge in [-0.3, -0.25) is 0 Å². The van der Waals surface area contributed by atoms with Crippen LogP contribution in [0.4, 0.5) is 11.6 Å². The first kappa shape index (κ1) is 14.3. The Morgan fingerprint density at radius 1 is 1.04 bits per heavy atom. The highest BCUT2D eigenvalue weighted by atomic mass is 16.5. The standard InChI is InChI=1S/C19H16N4O/c1-24-14-7-8-17-15(11-14)16(12-21-17)18-9-10-20-19(23-18)22-13-5-3-2-4-6-13/h2-12,21H,1H3,(H,20,22,23). The lowest BCUT2D eigenvalue weighted by Gasteiger charge is -2.06. The van der Waals surface area contributed by atoms with Gasteiger partial charge in [-0.05, 0) is 36.4 Å². The molecule has 0 fully saturated rings. The average Bonchev–Trinajstić information content (AvgIpc) is 3.06. The van der Waals surface area contributed by atoms with Crippen molar-refractivity contribution in [3.63, 3.8) is 0 Å². The number of anilines is 2. The molecule has 2 N–H and O–H groups in total. The fraction of sp³-hybridized carbons (Fsp3) is 0.0526. The van der Waals surface area contributed by atoms with Gasteiger partial charge in [0.05, 0.1) is 12.8 Å². The molecular formula is C19H16N4O. The minimum Gasteiger partial charge on any atom is -0.497 e. The molecule has 0 bridgehead atoms. The van der Waals surface area contributed by atoms with Crippen molar-refractivity contribution in [1.29, 1.82) is 0 Å². The molecule has 2 heterocycles. The van der Waals surface area contributed by atoms with Crippen molar-refractivity contribution in [2.45, 2.75) is 0 Å². The van der Waals surface area contributed by atoms with E-state index in [9.17, 15) is 0 Å². The molecule has 5 heteroatoms. The Bertz CT molecular complexity index is 979. The van der Waals surface area contributed by atoms with Gasteiger partial charge in [0.1, 0.15) is 5.75 Å². The fourth-order valence-corrected chi connectivity index (χ4v) is 2.66. The molecule has 24 heavy (non-hydrogen) atoms. The van der Waals surface area contributed by atoms with Crippen LogP contribution >= 0.6 is 0 Å². The normalized spacial score (nSPS) is 10.7. The summed E-state index contributed by atoms with van der Waals surface area (Å²) in [7, 11) is 1.67. The van der Waals surface area contributed by atoms with E-state index in [4.69, 9.17) is 4.74 Å². The quantitative estimate of drug-likeness (QED) is 0.586. The van der Waals surface area contributed by atoms with Gasteiger partial charge in [0.25, 0.3) is 0 Å². The highest BCUT2D eigenvalue weighted by Crippen LogP contribution is 2.30. The first-order valence-electron chi connectivity index (χ1n) is 7.64. The van der Waals surface area contributed by atoms with Crippen molar-refractivity contribution in [3.8, 4) is 17.0 Å². The van der Waals surface area contributed by atoms with E-state index in [0.29, 0.717) is 5.95 Å². The van der Waals surface area contributed by atoms with E-state index in [2.05, 4.69) is 20.3 Å². The summed E-state index contributed by atoms with van der Waals surface area (Å²) in [6, 6.07) is 17.7. The third kappa shape index (κ3) is 2.67. The van der Waals surface area contributed by atoms with Crippen LogP contribution in [-0.2, 0) is 0 Å². The Hall–Kier alpha value is -3.34. The number of fused-ring (bicyclic) bond motifs is 1. The van der Waals surface area contributed by atoms with Crippen LogP contribution < -0.4 is 10.1 Å². The van der Waals surface area contributed by atoms with E-state index in [1.165, 1.54) is 0 Å². The highest BCUT2D eigenvalue weighted by Gasteiger charge is 2.10. The Labute approximate surface area is 139 Å². The van der Waals surface area contributed by atoms with Gasteiger partial charge in [-0.25, -0.2) is 9.97 Å². The molecule has 0 amide bonds. The average molecular weight is 316 g/mol. The summed E-state index contributed by atoms with van der Waals surface area (Å²) in [5, 5.41) is 4.29. The van der Waals surface area contributed by atoms with Crippen molar-refractivity contribution in [2.75, 3.05) is 12.4 Å². The van der Waals surface area contributed by atoms with E-state index in [1.807, 2.05) is 60.8 Å². The second-order valence-corrected chi connectivity index (χ2v) is 5.37. The molecule has 0 saturated heterocycles. The van der Waals surface area contributed by atoms with Gasteiger partial charge in [0.2, 0.25) is 5.95 Å². The molecule has 0 aliphatic heterocycles. The van der Waals surface area contributed by atoms with Crippen molar-refractivity contribution >= 4 is 22.5 Å². The van der Waals surface area contributed by atoms with E-state index in [-0.39, 0.29) is 0 Å². The number of methoxy groups -OCH3 is 1. The van der Waals surface area contributed by atoms with Gasteiger partial charge < -0.3 is 15.0 Å². The number of nitrogens with zero attached hydrogens (tertiary/aromatic N) is 2. The van der Waals surface area contributed by atoms with Crippen LogP contribution in [0.5, 0.6) is 5.75 Å². The van der Waals surface area contributed by atoms with Crippen molar-refractivity contribution in [2.24, 2.45) is 0 Å². The molecule has 2 aromatic heterocycles. The number of aromatic nitrogens is 3. The second-order valence-electron chi connectivity index (χ2n) is 5.37. The first-order valence-corrected chi connectivity index (χ1v) is 7.64. The minimum atomic E-state index is 0.566. The van der Waals surface area contributed by atoms with Crippen LogP contribution in [0, 0.1) is 0 Å². The molecule has 5 nitrogen and oxygen atoms in total. The van der Waals surface area contributed by atoms with Crippen LogP contribution in [0.25, 0.3) is 22.2 Å². The lowest BCUT2D eigenvalue weighted by atomic mass is 10.1. The van der Waals surface area contributed by atoms with Gasteiger partial charge in [-0.2, -0.15) is 0 Å². The SMILES string of the molecule is COc1ccc2[nH]cc(-c3ccnc(Nc4ccccc4)n3)c2c1. The zero-order chi connectivity index (χ0) is 16.4. The summed E-state index contributed by atoms with van der Waals surface area (Å²) in [5.41, 5.74) is 3.86. The molecule has 2 aromatic carbocycles. The monoisotopic (exact) mass is 316 g/mol. The van der Waals surface area contributed by atoms with Crippen molar-refractivity contribution < 1.29 is 4.74 Å². The highest BCUT2D eigenvalue weighted by molar-refractivity contribution is 5.95. The summed E-state index contributed by atoms with van der Waals surface area (Å²) in [4.78, 5) is 12.2. The molecule has 4 aromatic rings. The third-order valence-electron chi connectivity index (χ3n) is 3.85. The Morgan fingerprint density at radius 3 is 2.75 bits per heavy atom. The zero-order valence-corrected chi connectivity index (χ0v) is 13.2. The molecular weight excluding hydrogens is 300 g/mol. The fourth-order valence-electron chi connectivity index (χ4n) is 2.66. The van der Waals surface area contributed by atoms with E-state index in [1.54, 1.807) is 13.3 Å². The predicted octanol–water partition coefficient (Wildman–Crippen LogP) is 4.38. The Morgan fingerprint density at radius 2 is 1.92 bits per heavy atom. The van der Waals surface area contributed by atoms with Crippen LogP contribution in [0.1, 0.15) is 0 Å². The van der Waals surface area contributed by atoms with Crippen LogP contribution in [0.15, 0.2) is 67.0 Å². The number of benzene rings is 2. The summed E-state index contributed by atoms with van der Waals surface area (Å²) in [6.07, 6.45) is 3.71. The van der Waals surface area contributed by atoms with Crippen LogP contribution in [-0.4, -0.2) is 22.1 Å². The van der Waals surface area contributed by atoms with Crippen molar-refractivity contribution in [3.05, 3.63) is 67.0 Å². The largest absolute Gasteiger partial charge is 0.497 e. The van der Waals surface area contributed by atoms with Gasteiger partial charge in [0.15, 0.2) is 0 Å². The molecule has 0 aliphatic carbocycles. The van der Waals surface area contributed by atoms with E-state index in [0.717, 1.165) is 33.6 Å². The number of hydrogen-bond acceptors (Lipinski definition) is 4.